The van der Waals surface area contributed by atoms with Crippen molar-refractivity contribution in [1.82, 2.24) is 0 Å². The normalized spacial score (nSPS) is 10.9. The predicted molar refractivity (Wildman–Crippen MR) is 171 cm³/mol. The van der Waals surface area contributed by atoms with E-state index in [0.29, 0.717) is 32.7 Å². The number of hydrogen-bond acceptors (Lipinski definition) is 3. The Morgan fingerprint density at radius 1 is 0.409 bits per heavy atom. The molecule has 0 bridgehead atoms. The number of anilines is 6. The van der Waals surface area contributed by atoms with Gasteiger partial charge in [0.2, 0.25) is 0 Å². The second-order valence-corrected chi connectivity index (χ2v) is 11.3. The Morgan fingerprint density at radius 3 is 1.27 bits per heavy atom. The van der Waals surface area contributed by atoms with Gasteiger partial charge in [0.05, 0.1) is 0 Å². The van der Waals surface area contributed by atoms with Gasteiger partial charge < -0.3 is 9.80 Å². The number of para-hydroxylation sites is 4. The van der Waals surface area contributed by atoms with E-state index in [4.69, 9.17) is 11.6 Å². The predicted octanol–water partition coefficient (Wildman–Crippen LogP) is 12.0. The van der Waals surface area contributed by atoms with E-state index in [1.54, 1.807) is 91.0 Å². The van der Waals surface area contributed by atoms with Crippen LogP contribution < -0.4 is 9.80 Å². The van der Waals surface area contributed by atoms with Crippen LogP contribution in [-0.4, -0.2) is 0 Å². The molecule has 0 aliphatic carbocycles. The summed E-state index contributed by atoms with van der Waals surface area (Å²) in [6.07, 6.45) is 0. The van der Waals surface area contributed by atoms with E-state index >= 15 is 17.6 Å². The van der Waals surface area contributed by atoms with Crippen molar-refractivity contribution >= 4 is 57.5 Å². The molecule has 0 saturated carbocycles. The van der Waals surface area contributed by atoms with Gasteiger partial charge in [0.1, 0.15) is 34.6 Å². The van der Waals surface area contributed by atoms with Crippen LogP contribution in [-0.2, 0) is 0 Å². The van der Waals surface area contributed by atoms with Crippen molar-refractivity contribution in [3.05, 3.63) is 168 Å². The molecule has 6 rings (SSSR count). The Labute approximate surface area is 261 Å². The van der Waals surface area contributed by atoms with E-state index in [9.17, 15) is 0 Å². The summed E-state index contributed by atoms with van der Waals surface area (Å²) in [6.45, 7) is 0. The summed E-state index contributed by atoms with van der Waals surface area (Å²) in [5.74, 6) is -3.10. The molecule has 0 radical (unpaired) electrons. The Kier molecular flexibility index (Phi) is 8.59. The van der Waals surface area contributed by atoms with Gasteiger partial charge in [-0.2, -0.15) is 0 Å². The van der Waals surface area contributed by atoms with Gasteiger partial charge >= 0.3 is 0 Å². The molecule has 6 aromatic carbocycles. The van der Waals surface area contributed by atoms with Crippen LogP contribution in [0.2, 0.25) is 5.02 Å². The summed E-state index contributed by atoms with van der Waals surface area (Å²) in [5, 5.41) is 0.532. The van der Waals surface area contributed by atoms with Gasteiger partial charge in [-0.25, -0.2) is 17.6 Å². The van der Waals surface area contributed by atoms with Gasteiger partial charge in [-0.1, -0.05) is 78.0 Å². The summed E-state index contributed by atoms with van der Waals surface area (Å²) in [7, 11) is 0. The maximum Gasteiger partial charge on any atom is 0.150 e. The molecule has 0 unspecified atom stereocenters. The molecular formula is C36H23ClF4N2S. The van der Waals surface area contributed by atoms with E-state index in [2.05, 4.69) is 0 Å². The van der Waals surface area contributed by atoms with Gasteiger partial charge in [0.15, 0.2) is 0 Å². The van der Waals surface area contributed by atoms with E-state index < -0.39 is 23.3 Å². The lowest BCUT2D eigenvalue weighted by Crippen LogP contribution is -2.16. The van der Waals surface area contributed by atoms with E-state index in [1.807, 2.05) is 12.1 Å². The average molecular weight is 627 g/mol. The van der Waals surface area contributed by atoms with Gasteiger partial charge in [-0.05, 0) is 84.9 Å². The smallest absolute Gasteiger partial charge is 0.150 e. The average Bonchev–Trinajstić information content (AvgIpc) is 3.01. The maximum absolute atomic E-state index is 15.4. The minimum atomic E-state index is -0.775. The van der Waals surface area contributed by atoms with E-state index in [1.165, 1.54) is 58.0 Å². The molecule has 8 heteroatoms. The van der Waals surface area contributed by atoms with Crippen LogP contribution in [0.1, 0.15) is 0 Å². The van der Waals surface area contributed by atoms with Crippen molar-refractivity contribution in [1.29, 1.82) is 0 Å². The molecule has 0 amide bonds. The van der Waals surface area contributed by atoms with Crippen molar-refractivity contribution in [2.24, 2.45) is 0 Å². The van der Waals surface area contributed by atoms with Crippen molar-refractivity contribution < 1.29 is 17.6 Å². The summed E-state index contributed by atoms with van der Waals surface area (Å²) in [5.41, 5.74) is 1.10. The molecule has 0 aromatic heterocycles. The third-order valence-electron chi connectivity index (χ3n) is 6.78. The van der Waals surface area contributed by atoms with Crippen LogP contribution in [0, 0.1) is 23.3 Å². The molecule has 0 aliphatic heterocycles. The van der Waals surface area contributed by atoms with Crippen molar-refractivity contribution in [3.8, 4) is 0 Å². The Morgan fingerprint density at radius 2 is 0.841 bits per heavy atom. The zero-order valence-electron chi connectivity index (χ0n) is 23.0. The van der Waals surface area contributed by atoms with Gasteiger partial charge in [-0.15, -0.1) is 0 Å². The molecule has 218 valence electrons. The first kappa shape index (κ1) is 29.4. The molecule has 2 nitrogen and oxygen atoms in total. The minimum absolute atomic E-state index is 0.294. The first-order valence-electron chi connectivity index (χ1n) is 13.6. The first-order valence-corrected chi connectivity index (χ1v) is 14.8. The fraction of sp³-hybridized carbons (Fsp3) is 0. The number of hydrogen-bond donors (Lipinski definition) is 0. The van der Waals surface area contributed by atoms with Crippen LogP contribution >= 0.6 is 23.4 Å². The molecule has 6 aromatic rings. The highest BCUT2D eigenvalue weighted by Crippen LogP contribution is 2.46. The molecule has 0 fully saturated rings. The Hall–Kier alpha value is -4.72. The lowest BCUT2D eigenvalue weighted by molar-refractivity contribution is 0.585. The fourth-order valence-electron chi connectivity index (χ4n) is 4.93. The van der Waals surface area contributed by atoms with Crippen molar-refractivity contribution in [2.45, 2.75) is 9.79 Å². The van der Waals surface area contributed by atoms with Crippen LogP contribution in [0.4, 0.5) is 51.7 Å². The largest absolute Gasteiger partial charge is 0.305 e. The number of nitrogens with zero attached hydrogens (tertiary/aromatic N) is 2. The second kappa shape index (κ2) is 12.9. The molecule has 0 N–H and O–H groups in total. The quantitative estimate of drug-likeness (QED) is 0.155. The van der Waals surface area contributed by atoms with Crippen molar-refractivity contribution in [3.63, 3.8) is 0 Å². The van der Waals surface area contributed by atoms with E-state index in [-0.39, 0.29) is 11.4 Å². The number of rotatable bonds is 8. The van der Waals surface area contributed by atoms with Gasteiger partial charge in [0, 0.05) is 37.6 Å². The van der Waals surface area contributed by atoms with E-state index in [0.717, 1.165) is 4.90 Å². The molecule has 0 atom stereocenters. The highest BCUT2D eigenvalue weighted by Gasteiger charge is 2.25. The molecule has 0 aliphatic rings. The third kappa shape index (κ3) is 6.16. The minimum Gasteiger partial charge on any atom is -0.305 e. The lowest BCUT2D eigenvalue weighted by Gasteiger charge is -2.30. The summed E-state index contributed by atoms with van der Waals surface area (Å²) < 4.78 is 61.8. The summed E-state index contributed by atoms with van der Waals surface area (Å²) in [4.78, 5) is 4.34. The highest BCUT2D eigenvalue weighted by atomic mass is 35.5. The lowest BCUT2D eigenvalue weighted by atomic mass is 10.1. The zero-order valence-corrected chi connectivity index (χ0v) is 24.5. The van der Waals surface area contributed by atoms with Crippen LogP contribution in [0.25, 0.3) is 0 Å². The molecule has 0 spiro atoms. The highest BCUT2D eigenvalue weighted by molar-refractivity contribution is 7.99. The zero-order chi connectivity index (χ0) is 30.6. The fourth-order valence-corrected chi connectivity index (χ4v) is 6.14. The standard InChI is InChI=1S/C36H23ClF4N2S/c37-24-10-7-15-29(20-24)44-30-22-27(42(25-11-3-1-4-12-25)35-31(38)16-8-17-32(35)39)21-28(23-30)43(26-13-5-2-6-14-26)36-33(40)18-9-19-34(36)41/h1-23H. The SMILES string of the molecule is Fc1cccc(F)c1N(c1ccccc1)c1cc(Sc2cccc(Cl)c2)cc(N(c2ccccc2)c2c(F)cccc2F)c1. The summed E-state index contributed by atoms with van der Waals surface area (Å²) in [6, 6.07) is 37.3. The molecular weight excluding hydrogens is 604 g/mol. The second-order valence-electron chi connectivity index (χ2n) is 9.73. The van der Waals surface area contributed by atoms with Crippen molar-refractivity contribution in [2.75, 3.05) is 9.80 Å². The molecule has 0 saturated heterocycles. The Bertz CT molecular complexity index is 1770. The maximum atomic E-state index is 15.4. The summed E-state index contributed by atoms with van der Waals surface area (Å²) >= 11 is 7.62. The number of benzene rings is 6. The van der Waals surface area contributed by atoms with Crippen LogP contribution in [0.15, 0.2) is 149 Å². The molecule has 0 heterocycles. The van der Waals surface area contributed by atoms with Gasteiger partial charge in [0.25, 0.3) is 0 Å². The number of halogens is 5. The topological polar surface area (TPSA) is 6.48 Å². The van der Waals surface area contributed by atoms with Crippen LogP contribution in [0.3, 0.4) is 0 Å². The Balaban J connectivity index is 1.64. The first-order chi connectivity index (χ1) is 21.4. The third-order valence-corrected chi connectivity index (χ3v) is 7.97. The molecule has 44 heavy (non-hydrogen) atoms. The van der Waals surface area contributed by atoms with Crippen LogP contribution in [0.5, 0.6) is 0 Å². The van der Waals surface area contributed by atoms with Gasteiger partial charge in [-0.3, -0.25) is 0 Å². The monoisotopic (exact) mass is 626 g/mol.